The average molecular weight is 501 g/mol. The first-order valence-electron chi connectivity index (χ1n) is 12.6. The van der Waals surface area contributed by atoms with E-state index in [9.17, 15) is 24.6 Å². The lowest BCUT2D eigenvalue weighted by molar-refractivity contribution is -0.143. The summed E-state index contributed by atoms with van der Waals surface area (Å²) >= 11 is 0. The zero-order chi connectivity index (χ0) is 26.0. The summed E-state index contributed by atoms with van der Waals surface area (Å²) in [6.45, 7) is 8.29. The number of amides is 3. The van der Waals surface area contributed by atoms with E-state index in [1.54, 1.807) is 4.90 Å². The van der Waals surface area contributed by atoms with Gasteiger partial charge in [0.05, 0.1) is 19.7 Å². The van der Waals surface area contributed by atoms with Crippen LogP contribution in [0.4, 0.5) is 0 Å². The first-order chi connectivity index (χ1) is 16.6. The van der Waals surface area contributed by atoms with Gasteiger partial charge in [0, 0.05) is 59.4 Å². The van der Waals surface area contributed by atoms with E-state index in [0.29, 0.717) is 52.0 Å². The van der Waals surface area contributed by atoms with Crippen LogP contribution in [-0.4, -0.2) is 133 Å². The fourth-order valence-electron chi connectivity index (χ4n) is 4.63. The molecular weight excluding hydrogens is 456 g/mol. The summed E-state index contributed by atoms with van der Waals surface area (Å²) in [4.78, 5) is 43.2. The smallest absolute Gasteiger partial charge is 0.237 e. The van der Waals surface area contributed by atoms with Crippen molar-refractivity contribution in [3.05, 3.63) is 0 Å². The van der Waals surface area contributed by atoms with Crippen molar-refractivity contribution < 1.29 is 34.1 Å². The van der Waals surface area contributed by atoms with Crippen LogP contribution < -0.4 is 5.32 Å². The molecule has 0 aromatic rings. The van der Waals surface area contributed by atoms with E-state index >= 15 is 0 Å². The van der Waals surface area contributed by atoms with E-state index in [-0.39, 0.29) is 55.9 Å². The van der Waals surface area contributed by atoms with Gasteiger partial charge in [0.25, 0.3) is 0 Å². The number of hydrogen-bond acceptors (Lipinski definition) is 8. The van der Waals surface area contributed by atoms with Gasteiger partial charge in [-0.15, -0.1) is 0 Å². The molecule has 2 rings (SSSR count). The molecule has 2 saturated heterocycles. The van der Waals surface area contributed by atoms with Gasteiger partial charge in [-0.25, -0.2) is 0 Å². The summed E-state index contributed by atoms with van der Waals surface area (Å²) in [5, 5.41) is 23.7. The third-order valence-electron chi connectivity index (χ3n) is 6.56. The molecule has 11 heteroatoms. The van der Waals surface area contributed by atoms with Gasteiger partial charge < -0.3 is 34.8 Å². The Kier molecular flexibility index (Phi) is 12.4. The maximum atomic E-state index is 13.5. The lowest BCUT2D eigenvalue weighted by Crippen LogP contribution is -2.56. The van der Waals surface area contributed by atoms with Crippen molar-refractivity contribution in [1.82, 2.24) is 20.0 Å². The second-order valence-corrected chi connectivity index (χ2v) is 9.97. The number of methoxy groups -OCH3 is 1. The van der Waals surface area contributed by atoms with Crippen molar-refractivity contribution in [3.63, 3.8) is 0 Å². The minimum atomic E-state index is -1.23. The van der Waals surface area contributed by atoms with Crippen LogP contribution in [0.5, 0.6) is 0 Å². The third kappa shape index (κ3) is 9.64. The molecule has 35 heavy (non-hydrogen) atoms. The van der Waals surface area contributed by atoms with Gasteiger partial charge in [-0.3, -0.25) is 19.3 Å². The highest BCUT2D eigenvalue weighted by atomic mass is 16.5. The molecule has 0 bridgehead atoms. The number of rotatable bonds is 5. The number of carbonyl (C=O) groups excluding carboxylic acids is 3. The van der Waals surface area contributed by atoms with Gasteiger partial charge >= 0.3 is 0 Å². The van der Waals surface area contributed by atoms with E-state index < -0.39 is 18.3 Å². The van der Waals surface area contributed by atoms with Crippen LogP contribution in [0.25, 0.3) is 0 Å². The van der Waals surface area contributed by atoms with Gasteiger partial charge in [-0.2, -0.15) is 0 Å². The zero-order valence-electron chi connectivity index (χ0n) is 21.6. The summed E-state index contributed by atoms with van der Waals surface area (Å²) in [7, 11) is 1.43. The number of nitrogens with one attached hydrogen (secondary N) is 1. The van der Waals surface area contributed by atoms with Crippen LogP contribution in [0, 0.1) is 5.92 Å². The summed E-state index contributed by atoms with van der Waals surface area (Å²) < 4.78 is 11.0. The molecule has 2 fully saturated rings. The maximum absolute atomic E-state index is 13.5. The van der Waals surface area contributed by atoms with Crippen molar-refractivity contribution in [3.8, 4) is 0 Å². The molecule has 3 amide bonds. The first-order valence-corrected chi connectivity index (χ1v) is 12.6. The lowest BCUT2D eigenvalue weighted by atomic mass is 10.00. The average Bonchev–Trinajstić information content (AvgIpc) is 2.79. The van der Waals surface area contributed by atoms with Crippen LogP contribution in [-0.2, 0) is 23.9 Å². The fraction of sp³-hybridized carbons (Fsp3) is 0.875. The SMILES string of the molecule is CO[C@@H]1CN(C(C)=O)C[C@H](CC(C)C)N(C(=O)CN2CCNC(=O)C2)CCCCOC[C@@H](O)[C@H]1O. The van der Waals surface area contributed by atoms with Gasteiger partial charge in [0.1, 0.15) is 18.3 Å². The second-order valence-electron chi connectivity index (χ2n) is 9.97. The van der Waals surface area contributed by atoms with Crippen molar-refractivity contribution in [2.24, 2.45) is 5.92 Å². The molecule has 0 aliphatic carbocycles. The monoisotopic (exact) mass is 500 g/mol. The quantitative estimate of drug-likeness (QED) is 0.441. The van der Waals surface area contributed by atoms with Gasteiger partial charge in [-0.05, 0) is 25.2 Å². The van der Waals surface area contributed by atoms with Crippen LogP contribution in [0.2, 0.25) is 0 Å². The molecule has 0 radical (unpaired) electrons. The van der Waals surface area contributed by atoms with Crippen molar-refractivity contribution in [2.45, 2.75) is 64.4 Å². The molecule has 0 unspecified atom stereocenters. The predicted octanol–water partition coefficient (Wildman–Crippen LogP) is -0.943. The third-order valence-corrected chi connectivity index (χ3v) is 6.56. The highest BCUT2D eigenvalue weighted by Crippen LogP contribution is 2.18. The van der Waals surface area contributed by atoms with E-state index in [2.05, 4.69) is 19.2 Å². The number of piperazine rings is 1. The Bertz CT molecular complexity index is 693. The van der Waals surface area contributed by atoms with Gasteiger partial charge in [0.2, 0.25) is 17.7 Å². The predicted molar refractivity (Wildman–Crippen MR) is 130 cm³/mol. The minimum Gasteiger partial charge on any atom is -0.388 e. The van der Waals surface area contributed by atoms with Crippen LogP contribution in [0.1, 0.15) is 40.0 Å². The molecule has 4 atom stereocenters. The van der Waals surface area contributed by atoms with E-state index in [4.69, 9.17) is 9.47 Å². The number of aliphatic hydroxyl groups is 2. The Morgan fingerprint density at radius 2 is 1.94 bits per heavy atom. The van der Waals surface area contributed by atoms with Gasteiger partial charge in [-0.1, -0.05) is 13.8 Å². The topological polar surface area (TPSA) is 132 Å². The Labute approximate surface area is 208 Å². The summed E-state index contributed by atoms with van der Waals surface area (Å²) in [6, 6.07) is -0.242. The largest absolute Gasteiger partial charge is 0.388 e. The molecule has 2 aliphatic rings. The summed E-state index contributed by atoms with van der Waals surface area (Å²) in [5.41, 5.74) is 0. The van der Waals surface area contributed by atoms with E-state index in [1.807, 2.05) is 9.80 Å². The highest BCUT2D eigenvalue weighted by molar-refractivity contribution is 5.82. The van der Waals surface area contributed by atoms with Gasteiger partial charge in [0.15, 0.2) is 0 Å². The first kappa shape index (κ1) is 29.4. The lowest BCUT2D eigenvalue weighted by Gasteiger charge is -2.39. The highest BCUT2D eigenvalue weighted by Gasteiger charge is 2.33. The zero-order valence-corrected chi connectivity index (χ0v) is 21.6. The van der Waals surface area contributed by atoms with Crippen LogP contribution in [0.3, 0.4) is 0 Å². The number of hydrogen-bond donors (Lipinski definition) is 3. The Hall–Kier alpha value is -1.79. The Morgan fingerprint density at radius 3 is 2.57 bits per heavy atom. The van der Waals surface area contributed by atoms with Crippen LogP contribution >= 0.6 is 0 Å². The molecule has 0 spiro atoms. The molecular formula is C24H44N4O7. The molecule has 202 valence electrons. The number of ether oxygens (including phenoxy) is 2. The number of aliphatic hydroxyl groups excluding tert-OH is 2. The van der Waals surface area contributed by atoms with Crippen molar-refractivity contribution in [1.29, 1.82) is 0 Å². The normalized spacial score (nSPS) is 28.5. The number of carbonyl (C=O) groups is 3. The Morgan fingerprint density at radius 1 is 1.20 bits per heavy atom. The second kappa shape index (κ2) is 14.7. The molecule has 3 N–H and O–H groups in total. The Balaban J connectivity index is 2.29. The van der Waals surface area contributed by atoms with Crippen molar-refractivity contribution >= 4 is 17.7 Å². The molecule has 0 aromatic heterocycles. The van der Waals surface area contributed by atoms with E-state index in [0.717, 1.165) is 0 Å². The van der Waals surface area contributed by atoms with Crippen molar-refractivity contribution in [2.75, 3.05) is 66.1 Å². The van der Waals surface area contributed by atoms with E-state index in [1.165, 1.54) is 14.0 Å². The summed E-state index contributed by atoms with van der Waals surface area (Å²) in [6.07, 6.45) is -1.11. The van der Waals surface area contributed by atoms with Crippen LogP contribution in [0.15, 0.2) is 0 Å². The number of nitrogens with zero attached hydrogens (tertiary/aromatic N) is 3. The standard InChI is InChI=1S/C24H44N4O7/c1-17(2)11-19-12-27(18(3)29)13-21(34-4)24(33)20(30)16-35-10-6-5-8-28(19)23(32)15-26-9-7-25-22(31)14-26/h17,19-21,24,30,33H,5-16H2,1-4H3,(H,25,31)/t19-,20+,21+,24+/m0/s1. The fourth-order valence-corrected chi connectivity index (χ4v) is 4.63. The molecule has 0 saturated carbocycles. The molecule has 2 aliphatic heterocycles. The molecule has 0 aromatic carbocycles. The maximum Gasteiger partial charge on any atom is 0.237 e. The minimum absolute atomic E-state index is 0.0449. The summed E-state index contributed by atoms with van der Waals surface area (Å²) in [5.74, 6) is -0.0840. The molecule has 11 nitrogen and oxygen atoms in total. The molecule has 2 heterocycles.